The molecule has 1 aromatic rings. The predicted molar refractivity (Wildman–Crippen MR) is 55.9 cm³/mol. The first-order chi connectivity index (χ1) is 5.41. The van der Waals surface area contributed by atoms with Crippen molar-refractivity contribution in [1.29, 1.82) is 0 Å². The molecule has 12 heavy (non-hydrogen) atoms. The number of halogens is 1. The van der Waals surface area contributed by atoms with Crippen molar-refractivity contribution in [2.75, 3.05) is 6.26 Å². The van der Waals surface area contributed by atoms with Crippen molar-refractivity contribution in [2.24, 2.45) is 0 Å². The Morgan fingerprint density at radius 2 is 2.08 bits per heavy atom. The third-order valence-electron chi connectivity index (χ3n) is 1.41. The fourth-order valence-corrected chi connectivity index (χ4v) is 2.93. The molecule has 0 bridgehead atoms. The normalized spacial score (nSPS) is 14.6. The molecule has 0 aliphatic rings. The Labute approximate surface area is 88.5 Å². The lowest BCUT2D eigenvalue weighted by Gasteiger charge is -2.02. The van der Waals surface area contributed by atoms with Gasteiger partial charge in [-0.25, -0.2) is 8.42 Å². The van der Waals surface area contributed by atoms with E-state index in [1.807, 2.05) is 22.6 Å². The van der Waals surface area contributed by atoms with Crippen LogP contribution < -0.4 is 0 Å². The van der Waals surface area contributed by atoms with E-state index < -0.39 is 15.1 Å². The van der Waals surface area contributed by atoms with E-state index in [0.29, 0.717) is 5.01 Å². The molecule has 0 spiro atoms. The lowest BCUT2D eigenvalue weighted by molar-refractivity contribution is 0.591. The molecule has 0 aliphatic carbocycles. The second-order valence-electron chi connectivity index (χ2n) is 2.37. The minimum Gasteiger partial charge on any atom is -0.228 e. The van der Waals surface area contributed by atoms with E-state index in [0.717, 1.165) is 3.01 Å². The standard InChI is InChI=1S/C5H7IN2O2S2/c1-3(12(2,9)10)4-7-8-5(6)11-4/h3H,1-2H3. The topological polar surface area (TPSA) is 59.9 Å². The minimum atomic E-state index is -3.04. The van der Waals surface area contributed by atoms with Gasteiger partial charge in [0.2, 0.25) is 0 Å². The fourth-order valence-electron chi connectivity index (χ4n) is 0.563. The zero-order valence-electron chi connectivity index (χ0n) is 6.48. The van der Waals surface area contributed by atoms with Crippen LogP contribution >= 0.6 is 33.9 Å². The van der Waals surface area contributed by atoms with Crippen LogP contribution in [0, 0.1) is 3.01 Å². The molecule has 0 amide bonds. The highest BCUT2D eigenvalue weighted by Gasteiger charge is 2.20. The van der Waals surface area contributed by atoms with Gasteiger partial charge in [0.05, 0.1) is 0 Å². The summed E-state index contributed by atoms with van der Waals surface area (Å²) >= 11 is 3.32. The van der Waals surface area contributed by atoms with Gasteiger partial charge in [0.1, 0.15) is 10.3 Å². The highest BCUT2D eigenvalue weighted by molar-refractivity contribution is 14.1. The Kier molecular flexibility index (Phi) is 3.05. The first-order valence-electron chi connectivity index (χ1n) is 3.09. The SMILES string of the molecule is CC(c1nnc(I)s1)S(C)(=O)=O. The Balaban J connectivity index is 3.01. The van der Waals surface area contributed by atoms with Gasteiger partial charge in [-0.15, -0.1) is 10.2 Å². The first-order valence-corrected chi connectivity index (χ1v) is 6.94. The summed E-state index contributed by atoms with van der Waals surface area (Å²) in [4.78, 5) is 0. The van der Waals surface area contributed by atoms with Crippen molar-refractivity contribution in [3.8, 4) is 0 Å². The molecule has 0 fully saturated rings. The Morgan fingerprint density at radius 1 is 1.50 bits per heavy atom. The molecule has 7 heteroatoms. The molecule has 0 saturated carbocycles. The average Bonchev–Trinajstić information content (AvgIpc) is 2.32. The van der Waals surface area contributed by atoms with Gasteiger partial charge in [0.25, 0.3) is 0 Å². The molecule has 1 atom stereocenters. The summed E-state index contributed by atoms with van der Waals surface area (Å²) in [6.07, 6.45) is 1.20. The monoisotopic (exact) mass is 318 g/mol. The van der Waals surface area contributed by atoms with Gasteiger partial charge in [0.15, 0.2) is 12.9 Å². The highest BCUT2D eigenvalue weighted by atomic mass is 127. The number of sulfone groups is 1. The van der Waals surface area contributed by atoms with Crippen molar-refractivity contribution in [2.45, 2.75) is 12.2 Å². The van der Waals surface area contributed by atoms with Gasteiger partial charge in [-0.3, -0.25) is 0 Å². The molecule has 1 rings (SSSR count). The summed E-state index contributed by atoms with van der Waals surface area (Å²) in [5.74, 6) is 0. The van der Waals surface area contributed by atoms with Crippen LogP contribution in [0.1, 0.15) is 17.2 Å². The number of aromatic nitrogens is 2. The maximum Gasteiger partial charge on any atom is 0.178 e. The molecule has 68 valence electrons. The summed E-state index contributed by atoms with van der Waals surface area (Å²) < 4.78 is 22.9. The van der Waals surface area contributed by atoms with Gasteiger partial charge < -0.3 is 0 Å². The van der Waals surface area contributed by atoms with Gasteiger partial charge in [-0.1, -0.05) is 11.3 Å². The number of hydrogen-bond acceptors (Lipinski definition) is 5. The van der Waals surface area contributed by atoms with Gasteiger partial charge in [-0.05, 0) is 29.5 Å². The van der Waals surface area contributed by atoms with E-state index in [1.54, 1.807) is 6.92 Å². The predicted octanol–water partition coefficient (Wildman–Crippen LogP) is 1.25. The van der Waals surface area contributed by atoms with Crippen LogP contribution in [0.5, 0.6) is 0 Å². The summed E-state index contributed by atoms with van der Waals surface area (Å²) in [5.41, 5.74) is 0. The average molecular weight is 318 g/mol. The van der Waals surface area contributed by atoms with E-state index in [4.69, 9.17) is 0 Å². The van der Waals surface area contributed by atoms with Crippen LogP contribution in [0.25, 0.3) is 0 Å². The van der Waals surface area contributed by atoms with Crippen molar-refractivity contribution < 1.29 is 8.42 Å². The Bertz CT molecular complexity index is 373. The molecular formula is C5H7IN2O2S2. The third kappa shape index (κ3) is 2.36. The maximum atomic E-state index is 11.1. The Morgan fingerprint density at radius 3 is 2.42 bits per heavy atom. The summed E-state index contributed by atoms with van der Waals surface area (Å²) in [7, 11) is -3.04. The van der Waals surface area contributed by atoms with Crippen molar-refractivity contribution in [3.63, 3.8) is 0 Å². The fraction of sp³-hybridized carbons (Fsp3) is 0.600. The molecule has 1 aromatic heterocycles. The molecule has 1 heterocycles. The van der Waals surface area contributed by atoms with Gasteiger partial charge in [0, 0.05) is 6.26 Å². The molecule has 1 unspecified atom stereocenters. The van der Waals surface area contributed by atoms with Crippen LogP contribution in [0.4, 0.5) is 0 Å². The molecule has 0 saturated heterocycles. The third-order valence-corrected chi connectivity index (χ3v) is 4.83. The summed E-state index contributed by atoms with van der Waals surface area (Å²) in [5, 5.41) is 7.52. The maximum absolute atomic E-state index is 11.1. The van der Waals surface area contributed by atoms with Crippen LogP contribution in [-0.2, 0) is 9.84 Å². The smallest absolute Gasteiger partial charge is 0.178 e. The zero-order valence-corrected chi connectivity index (χ0v) is 10.3. The zero-order chi connectivity index (χ0) is 9.35. The summed E-state index contributed by atoms with van der Waals surface area (Å²) in [6.45, 7) is 1.62. The number of hydrogen-bond donors (Lipinski definition) is 0. The second kappa shape index (κ2) is 3.54. The van der Waals surface area contributed by atoms with Crippen LogP contribution in [-0.4, -0.2) is 24.9 Å². The van der Waals surface area contributed by atoms with E-state index >= 15 is 0 Å². The highest BCUT2D eigenvalue weighted by Crippen LogP contribution is 2.24. The summed E-state index contributed by atoms with van der Waals surface area (Å²) in [6, 6.07) is 0. The quantitative estimate of drug-likeness (QED) is 0.770. The minimum absolute atomic E-state index is 0.543. The van der Waals surface area contributed by atoms with E-state index in [1.165, 1.54) is 17.6 Å². The van der Waals surface area contributed by atoms with Crippen LogP contribution in [0.15, 0.2) is 0 Å². The van der Waals surface area contributed by atoms with Gasteiger partial charge >= 0.3 is 0 Å². The molecule has 0 N–H and O–H groups in total. The van der Waals surface area contributed by atoms with Crippen molar-refractivity contribution in [3.05, 3.63) is 8.02 Å². The molecule has 0 aromatic carbocycles. The lowest BCUT2D eigenvalue weighted by Crippen LogP contribution is -2.07. The molecule has 4 nitrogen and oxygen atoms in total. The second-order valence-corrected chi connectivity index (χ2v) is 7.49. The van der Waals surface area contributed by atoms with Crippen molar-refractivity contribution in [1.82, 2.24) is 10.2 Å². The number of nitrogens with zero attached hydrogens (tertiary/aromatic N) is 2. The van der Waals surface area contributed by atoms with E-state index in [-0.39, 0.29) is 0 Å². The van der Waals surface area contributed by atoms with E-state index in [2.05, 4.69) is 10.2 Å². The van der Waals surface area contributed by atoms with Gasteiger partial charge in [-0.2, -0.15) is 0 Å². The first kappa shape index (κ1) is 10.3. The largest absolute Gasteiger partial charge is 0.228 e. The number of rotatable bonds is 2. The molecule has 0 radical (unpaired) electrons. The van der Waals surface area contributed by atoms with Crippen LogP contribution in [0.3, 0.4) is 0 Å². The van der Waals surface area contributed by atoms with Crippen molar-refractivity contribution >= 4 is 43.8 Å². The molecule has 0 aliphatic heterocycles. The molecular weight excluding hydrogens is 311 g/mol. The van der Waals surface area contributed by atoms with Crippen LogP contribution in [0.2, 0.25) is 0 Å². The lowest BCUT2D eigenvalue weighted by atomic mass is 10.5. The Hall–Kier alpha value is 0.240. The van der Waals surface area contributed by atoms with E-state index in [9.17, 15) is 8.42 Å².